The van der Waals surface area contributed by atoms with Crippen LogP contribution in [0.4, 0.5) is 5.69 Å². The molecule has 0 unspecified atom stereocenters. The number of hydrogen-bond acceptors (Lipinski definition) is 5. The van der Waals surface area contributed by atoms with Crippen molar-refractivity contribution in [3.8, 4) is 11.5 Å². The van der Waals surface area contributed by atoms with E-state index in [1.807, 2.05) is 18.2 Å². The van der Waals surface area contributed by atoms with Crippen molar-refractivity contribution in [1.29, 1.82) is 0 Å². The largest absolute Gasteiger partial charge is 0.454 e. The van der Waals surface area contributed by atoms with Crippen LogP contribution in [-0.2, 0) is 16.1 Å². The van der Waals surface area contributed by atoms with Gasteiger partial charge in [-0.15, -0.1) is 0 Å². The summed E-state index contributed by atoms with van der Waals surface area (Å²) in [6, 6.07) is 9.16. The zero-order valence-electron chi connectivity index (χ0n) is 15.5. The Hall–Kier alpha value is -3.09. The maximum absolute atomic E-state index is 12.6. The van der Waals surface area contributed by atoms with Crippen LogP contribution in [0.15, 0.2) is 42.7 Å². The second-order valence-electron chi connectivity index (χ2n) is 7.18. The second kappa shape index (κ2) is 8.29. The number of carbonyl (C=O) groups excluding carboxylic acids is 2. The molecule has 0 radical (unpaired) electrons. The molecule has 0 atom stereocenters. The molecule has 0 spiro atoms. The highest BCUT2D eigenvalue weighted by molar-refractivity contribution is 5.93. The fraction of sp³-hybridized carbons (Fsp3) is 0.381. The molecule has 2 aromatic rings. The van der Waals surface area contributed by atoms with E-state index < -0.39 is 0 Å². The third-order valence-electron chi connectivity index (χ3n) is 5.30. The van der Waals surface area contributed by atoms with Gasteiger partial charge in [-0.25, -0.2) is 0 Å². The molecule has 0 bridgehead atoms. The second-order valence-corrected chi connectivity index (χ2v) is 7.18. The monoisotopic (exact) mass is 381 g/mol. The Balaban J connectivity index is 1.24. The van der Waals surface area contributed by atoms with E-state index in [0.29, 0.717) is 36.6 Å². The Labute approximate surface area is 163 Å². The number of fused-ring (bicyclic) bond motifs is 1. The lowest BCUT2D eigenvalue weighted by molar-refractivity contribution is -0.128. The predicted molar refractivity (Wildman–Crippen MR) is 103 cm³/mol. The van der Waals surface area contributed by atoms with E-state index >= 15 is 0 Å². The number of amides is 2. The zero-order valence-corrected chi connectivity index (χ0v) is 15.5. The van der Waals surface area contributed by atoms with Crippen LogP contribution in [0.3, 0.4) is 0 Å². The Morgan fingerprint density at radius 1 is 1.00 bits per heavy atom. The summed E-state index contributed by atoms with van der Waals surface area (Å²) in [7, 11) is 0. The number of pyridine rings is 1. The summed E-state index contributed by atoms with van der Waals surface area (Å²) in [5.41, 5.74) is 1.68. The summed E-state index contributed by atoms with van der Waals surface area (Å²) >= 11 is 0. The summed E-state index contributed by atoms with van der Waals surface area (Å²) in [6.45, 7) is 0.691. The molecule has 7 heteroatoms. The van der Waals surface area contributed by atoms with Crippen LogP contribution < -0.4 is 20.1 Å². The van der Waals surface area contributed by atoms with Crippen LogP contribution in [0.25, 0.3) is 0 Å². The van der Waals surface area contributed by atoms with E-state index in [-0.39, 0.29) is 30.4 Å². The Morgan fingerprint density at radius 3 is 2.50 bits per heavy atom. The molecule has 2 amide bonds. The lowest BCUT2D eigenvalue weighted by Crippen LogP contribution is -2.35. The zero-order chi connectivity index (χ0) is 19.3. The highest BCUT2D eigenvalue weighted by Gasteiger charge is 2.30. The fourth-order valence-electron chi connectivity index (χ4n) is 3.67. The minimum Gasteiger partial charge on any atom is -0.454 e. The average molecular weight is 381 g/mol. The SMILES string of the molecule is O=C(NCc1cccnc1)C1CCC(C(=O)Nc2ccc3c(c2)OCO3)CC1. The van der Waals surface area contributed by atoms with Gasteiger partial charge in [0.2, 0.25) is 18.6 Å². The first kappa shape index (κ1) is 18.3. The summed E-state index contributed by atoms with van der Waals surface area (Å²) in [5, 5.41) is 5.92. The van der Waals surface area contributed by atoms with E-state index in [1.165, 1.54) is 0 Å². The lowest BCUT2D eigenvalue weighted by atomic mass is 9.81. The van der Waals surface area contributed by atoms with Crippen LogP contribution in [-0.4, -0.2) is 23.6 Å². The standard InChI is InChI=1S/C21H23N3O4/c25-20(23-12-14-2-1-9-22-11-14)15-3-5-16(6-4-15)21(26)24-17-7-8-18-19(10-17)28-13-27-18/h1-2,7-11,15-16H,3-6,12-13H2,(H,23,25)(H,24,26). The molecule has 1 fully saturated rings. The molecule has 1 aliphatic heterocycles. The number of carbonyl (C=O) groups is 2. The molecule has 4 rings (SSSR count). The van der Waals surface area contributed by atoms with Gasteiger partial charge in [-0.1, -0.05) is 6.07 Å². The maximum atomic E-state index is 12.6. The van der Waals surface area contributed by atoms with E-state index in [2.05, 4.69) is 15.6 Å². The molecular formula is C21H23N3O4. The highest BCUT2D eigenvalue weighted by atomic mass is 16.7. The number of rotatable bonds is 5. The Kier molecular flexibility index (Phi) is 5.41. The van der Waals surface area contributed by atoms with Crippen LogP contribution >= 0.6 is 0 Å². The van der Waals surface area contributed by atoms with Gasteiger partial charge in [0, 0.05) is 42.5 Å². The summed E-state index contributed by atoms with van der Waals surface area (Å²) in [6.07, 6.45) is 6.32. The van der Waals surface area contributed by atoms with Gasteiger partial charge < -0.3 is 20.1 Å². The number of hydrogen-bond donors (Lipinski definition) is 2. The lowest BCUT2D eigenvalue weighted by Gasteiger charge is -2.27. The molecule has 1 aromatic heterocycles. The van der Waals surface area contributed by atoms with Crippen molar-refractivity contribution >= 4 is 17.5 Å². The normalized spacial score (nSPS) is 20.4. The number of benzene rings is 1. The molecule has 2 heterocycles. The highest BCUT2D eigenvalue weighted by Crippen LogP contribution is 2.35. The van der Waals surface area contributed by atoms with Gasteiger partial charge >= 0.3 is 0 Å². The van der Waals surface area contributed by atoms with Gasteiger partial charge in [-0.05, 0) is 49.4 Å². The molecule has 0 saturated heterocycles. The molecule has 2 N–H and O–H groups in total. The van der Waals surface area contributed by atoms with Crippen LogP contribution in [0, 0.1) is 11.8 Å². The summed E-state index contributed by atoms with van der Waals surface area (Å²) in [4.78, 5) is 29.0. The first-order chi connectivity index (χ1) is 13.7. The fourth-order valence-corrected chi connectivity index (χ4v) is 3.67. The van der Waals surface area contributed by atoms with Crippen molar-refractivity contribution in [2.24, 2.45) is 11.8 Å². The molecule has 1 aromatic carbocycles. The van der Waals surface area contributed by atoms with Gasteiger partial charge in [0.15, 0.2) is 11.5 Å². The number of anilines is 1. The maximum Gasteiger partial charge on any atom is 0.231 e. The average Bonchev–Trinajstić information content (AvgIpc) is 3.21. The van der Waals surface area contributed by atoms with Crippen molar-refractivity contribution in [3.63, 3.8) is 0 Å². The molecule has 28 heavy (non-hydrogen) atoms. The minimum atomic E-state index is -0.0761. The molecule has 146 valence electrons. The first-order valence-electron chi connectivity index (χ1n) is 9.56. The summed E-state index contributed by atoms with van der Waals surface area (Å²) < 4.78 is 10.6. The molecule has 1 aliphatic carbocycles. The minimum absolute atomic E-state index is 0.00640. The van der Waals surface area contributed by atoms with Crippen molar-refractivity contribution in [1.82, 2.24) is 10.3 Å². The van der Waals surface area contributed by atoms with Gasteiger partial charge in [-0.2, -0.15) is 0 Å². The van der Waals surface area contributed by atoms with Crippen molar-refractivity contribution in [2.45, 2.75) is 32.2 Å². The molecule has 1 saturated carbocycles. The topological polar surface area (TPSA) is 89.6 Å². The van der Waals surface area contributed by atoms with Crippen molar-refractivity contribution < 1.29 is 19.1 Å². The smallest absolute Gasteiger partial charge is 0.231 e. The van der Waals surface area contributed by atoms with Crippen LogP contribution in [0.1, 0.15) is 31.2 Å². The van der Waals surface area contributed by atoms with Gasteiger partial charge in [-0.3, -0.25) is 14.6 Å². The van der Waals surface area contributed by atoms with Gasteiger partial charge in [0.05, 0.1) is 0 Å². The van der Waals surface area contributed by atoms with E-state index in [4.69, 9.17) is 9.47 Å². The molecule has 2 aliphatic rings. The van der Waals surface area contributed by atoms with Crippen molar-refractivity contribution in [3.05, 3.63) is 48.3 Å². The Morgan fingerprint density at radius 2 is 1.75 bits per heavy atom. The Bertz CT molecular complexity index is 848. The third-order valence-corrected chi connectivity index (χ3v) is 5.30. The van der Waals surface area contributed by atoms with Crippen LogP contribution in [0.5, 0.6) is 11.5 Å². The van der Waals surface area contributed by atoms with E-state index in [0.717, 1.165) is 18.4 Å². The van der Waals surface area contributed by atoms with Gasteiger partial charge in [0.1, 0.15) is 0 Å². The number of nitrogens with one attached hydrogen (secondary N) is 2. The third kappa shape index (κ3) is 4.24. The number of nitrogens with zero attached hydrogens (tertiary/aromatic N) is 1. The summed E-state index contributed by atoms with van der Waals surface area (Å²) in [5.74, 6) is 1.27. The van der Waals surface area contributed by atoms with E-state index in [9.17, 15) is 9.59 Å². The van der Waals surface area contributed by atoms with Gasteiger partial charge in [0.25, 0.3) is 0 Å². The molecular weight excluding hydrogens is 358 g/mol. The first-order valence-corrected chi connectivity index (χ1v) is 9.56. The molecule has 7 nitrogen and oxygen atoms in total. The van der Waals surface area contributed by atoms with Crippen molar-refractivity contribution in [2.75, 3.05) is 12.1 Å². The number of ether oxygens (including phenoxy) is 2. The quantitative estimate of drug-likeness (QED) is 0.831. The van der Waals surface area contributed by atoms with Crippen LogP contribution in [0.2, 0.25) is 0 Å². The predicted octanol–water partition coefficient (Wildman–Crippen LogP) is 2.87. The van der Waals surface area contributed by atoms with E-state index in [1.54, 1.807) is 24.5 Å². The number of aromatic nitrogens is 1.